The normalized spacial score (nSPS) is 10.5. The number of methoxy groups -OCH3 is 1. The first-order valence-corrected chi connectivity index (χ1v) is 5.89. The van der Waals surface area contributed by atoms with E-state index in [1.54, 1.807) is 12.1 Å². The van der Waals surface area contributed by atoms with E-state index in [0.717, 1.165) is 17.9 Å². The molecule has 0 radical (unpaired) electrons. The second kappa shape index (κ2) is 7.77. The molecule has 1 aromatic carbocycles. The Morgan fingerprint density at radius 1 is 1.53 bits per heavy atom. The third-order valence-electron chi connectivity index (χ3n) is 2.22. The molecule has 0 spiro atoms. The van der Waals surface area contributed by atoms with Crippen molar-refractivity contribution in [3.63, 3.8) is 0 Å². The summed E-state index contributed by atoms with van der Waals surface area (Å²) < 4.78 is 9.95. The van der Waals surface area contributed by atoms with Crippen LogP contribution in [0.4, 0.5) is 5.69 Å². The summed E-state index contributed by atoms with van der Waals surface area (Å²) in [6.07, 6.45) is 2.24. The molecule has 5 nitrogen and oxygen atoms in total. The van der Waals surface area contributed by atoms with Crippen molar-refractivity contribution in [2.45, 2.75) is 13.3 Å². The quantitative estimate of drug-likeness (QED) is 0.483. The Morgan fingerprint density at radius 2 is 2.32 bits per heavy atom. The van der Waals surface area contributed by atoms with Gasteiger partial charge in [0, 0.05) is 18.0 Å². The molecule has 1 N–H and O–H groups in total. The summed E-state index contributed by atoms with van der Waals surface area (Å²) in [7, 11) is 1.23. The lowest BCUT2D eigenvalue weighted by Gasteiger charge is -2.07. The number of rotatable bonds is 6. The summed E-state index contributed by atoms with van der Waals surface area (Å²) in [4.78, 5) is 11.2. The Morgan fingerprint density at radius 3 is 2.95 bits per heavy atom. The van der Waals surface area contributed by atoms with Crippen molar-refractivity contribution in [3.05, 3.63) is 36.0 Å². The highest BCUT2D eigenvalue weighted by Crippen LogP contribution is 2.17. The SMILES string of the molecule is CCCOc1cccc(N/C=C(\C#N)C(=O)OC)c1. The molecule has 0 aromatic heterocycles. The lowest BCUT2D eigenvalue weighted by molar-refractivity contribution is -0.135. The van der Waals surface area contributed by atoms with Gasteiger partial charge >= 0.3 is 5.97 Å². The van der Waals surface area contributed by atoms with Crippen LogP contribution in [0.25, 0.3) is 0 Å². The summed E-state index contributed by atoms with van der Waals surface area (Å²) in [5.41, 5.74) is 0.632. The number of anilines is 1. The predicted octanol–water partition coefficient (Wildman–Crippen LogP) is 2.47. The first kappa shape index (κ1) is 14.6. The van der Waals surface area contributed by atoms with E-state index in [-0.39, 0.29) is 5.57 Å². The number of nitriles is 1. The van der Waals surface area contributed by atoms with E-state index in [0.29, 0.717) is 6.61 Å². The van der Waals surface area contributed by atoms with Gasteiger partial charge in [0.05, 0.1) is 13.7 Å². The number of hydrogen-bond acceptors (Lipinski definition) is 5. The molecule has 0 amide bonds. The zero-order valence-electron chi connectivity index (χ0n) is 11.0. The molecular formula is C14H16N2O3. The predicted molar refractivity (Wildman–Crippen MR) is 71.6 cm³/mol. The van der Waals surface area contributed by atoms with Crippen molar-refractivity contribution in [2.24, 2.45) is 0 Å². The molecule has 0 unspecified atom stereocenters. The molecule has 100 valence electrons. The van der Waals surface area contributed by atoms with Crippen molar-refractivity contribution < 1.29 is 14.3 Å². The van der Waals surface area contributed by atoms with Crippen LogP contribution in [0.2, 0.25) is 0 Å². The lowest BCUT2D eigenvalue weighted by Crippen LogP contribution is -2.05. The molecule has 0 aliphatic carbocycles. The third kappa shape index (κ3) is 4.72. The standard InChI is InChI=1S/C14H16N2O3/c1-3-7-19-13-6-4-5-12(8-13)16-10-11(9-15)14(17)18-2/h4-6,8,10,16H,3,7H2,1-2H3/b11-10+. The van der Waals surface area contributed by atoms with E-state index < -0.39 is 5.97 Å². The number of nitrogens with one attached hydrogen (secondary N) is 1. The van der Waals surface area contributed by atoms with Gasteiger partial charge in [-0.2, -0.15) is 5.26 Å². The average Bonchev–Trinajstić information content (AvgIpc) is 2.45. The summed E-state index contributed by atoms with van der Waals surface area (Å²) in [5.74, 6) is 0.0604. The van der Waals surface area contributed by atoms with Gasteiger partial charge in [0.25, 0.3) is 0 Å². The molecule has 0 bridgehead atoms. The highest BCUT2D eigenvalue weighted by Gasteiger charge is 2.07. The van der Waals surface area contributed by atoms with Crippen molar-refractivity contribution >= 4 is 11.7 Å². The molecule has 1 rings (SSSR count). The summed E-state index contributed by atoms with van der Waals surface area (Å²) in [6.45, 7) is 2.67. The molecule has 0 fully saturated rings. The summed E-state index contributed by atoms with van der Waals surface area (Å²) in [6, 6.07) is 9.03. The molecule has 0 saturated heterocycles. The van der Waals surface area contributed by atoms with Crippen molar-refractivity contribution in [2.75, 3.05) is 19.0 Å². The maximum absolute atomic E-state index is 11.2. The number of ether oxygens (including phenoxy) is 2. The maximum Gasteiger partial charge on any atom is 0.350 e. The first-order chi connectivity index (χ1) is 9.21. The van der Waals surface area contributed by atoms with Crippen LogP contribution in [0.15, 0.2) is 36.0 Å². The number of benzene rings is 1. The number of carbonyl (C=O) groups is 1. The fourth-order valence-electron chi connectivity index (χ4n) is 1.30. The number of nitrogens with zero attached hydrogens (tertiary/aromatic N) is 1. The third-order valence-corrected chi connectivity index (χ3v) is 2.22. The van der Waals surface area contributed by atoms with Gasteiger partial charge in [0.1, 0.15) is 11.8 Å². The van der Waals surface area contributed by atoms with E-state index in [1.165, 1.54) is 13.3 Å². The van der Waals surface area contributed by atoms with E-state index in [9.17, 15) is 4.79 Å². The van der Waals surface area contributed by atoms with E-state index in [4.69, 9.17) is 10.00 Å². The second-order valence-electron chi connectivity index (χ2n) is 3.68. The monoisotopic (exact) mass is 260 g/mol. The number of hydrogen-bond donors (Lipinski definition) is 1. The van der Waals surface area contributed by atoms with Gasteiger partial charge < -0.3 is 14.8 Å². The molecule has 0 heterocycles. The van der Waals surface area contributed by atoms with Crippen LogP contribution >= 0.6 is 0 Å². The van der Waals surface area contributed by atoms with Crippen molar-refractivity contribution in [1.82, 2.24) is 0 Å². The van der Waals surface area contributed by atoms with E-state index in [1.807, 2.05) is 25.1 Å². The molecule has 0 saturated carbocycles. The van der Waals surface area contributed by atoms with E-state index in [2.05, 4.69) is 10.1 Å². The van der Waals surface area contributed by atoms with Crippen molar-refractivity contribution in [3.8, 4) is 11.8 Å². The second-order valence-corrected chi connectivity index (χ2v) is 3.68. The minimum atomic E-state index is -0.673. The fourth-order valence-corrected chi connectivity index (χ4v) is 1.30. The van der Waals surface area contributed by atoms with Gasteiger partial charge in [-0.25, -0.2) is 4.79 Å². The summed E-state index contributed by atoms with van der Waals surface area (Å²) in [5, 5.41) is 11.7. The Balaban J connectivity index is 2.74. The Kier molecular flexibility index (Phi) is 5.96. The number of esters is 1. The Hall–Kier alpha value is -2.48. The largest absolute Gasteiger partial charge is 0.494 e. The average molecular weight is 260 g/mol. The maximum atomic E-state index is 11.2. The molecular weight excluding hydrogens is 244 g/mol. The highest BCUT2D eigenvalue weighted by molar-refractivity contribution is 5.93. The summed E-state index contributed by atoms with van der Waals surface area (Å²) >= 11 is 0. The molecule has 19 heavy (non-hydrogen) atoms. The van der Waals surface area contributed by atoms with Crippen LogP contribution in [0.3, 0.4) is 0 Å². The van der Waals surface area contributed by atoms with Gasteiger partial charge in [-0.3, -0.25) is 0 Å². The van der Waals surface area contributed by atoms with Gasteiger partial charge in [0.15, 0.2) is 5.57 Å². The highest BCUT2D eigenvalue weighted by atomic mass is 16.5. The minimum absolute atomic E-state index is 0.0950. The van der Waals surface area contributed by atoms with Crippen LogP contribution in [0.1, 0.15) is 13.3 Å². The fraction of sp³-hybridized carbons (Fsp3) is 0.286. The van der Waals surface area contributed by atoms with Gasteiger partial charge in [-0.15, -0.1) is 0 Å². The first-order valence-electron chi connectivity index (χ1n) is 5.89. The van der Waals surface area contributed by atoms with Crippen LogP contribution in [-0.2, 0) is 9.53 Å². The van der Waals surface area contributed by atoms with Gasteiger partial charge in [-0.1, -0.05) is 13.0 Å². The van der Waals surface area contributed by atoms with Crippen LogP contribution in [-0.4, -0.2) is 19.7 Å². The topological polar surface area (TPSA) is 71.3 Å². The molecule has 0 aliphatic rings. The lowest BCUT2D eigenvalue weighted by atomic mass is 10.3. The van der Waals surface area contributed by atoms with Gasteiger partial charge in [0.2, 0.25) is 0 Å². The molecule has 0 atom stereocenters. The van der Waals surface area contributed by atoms with Crippen LogP contribution in [0.5, 0.6) is 5.75 Å². The molecule has 5 heteroatoms. The molecule has 0 aliphatic heterocycles. The smallest absolute Gasteiger partial charge is 0.350 e. The van der Waals surface area contributed by atoms with E-state index >= 15 is 0 Å². The zero-order chi connectivity index (χ0) is 14.1. The van der Waals surface area contributed by atoms with Crippen LogP contribution < -0.4 is 10.1 Å². The molecule has 1 aromatic rings. The Labute approximate surface area is 112 Å². The number of carbonyl (C=O) groups excluding carboxylic acids is 1. The van der Waals surface area contributed by atoms with Gasteiger partial charge in [-0.05, 0) is 18.6 Å². The zero-order valence-corrected chi connectivity index (χ0v) is 11.0. The van der Waals surface area contributed by atoms with Crippen molar-refractivity contribution in [1.29, 1.82) is 5.26 Å². The minimum Gasteiger partial charge on any atom is -0.494 e. The van der Waals surface area contributed by atoms with Crippen LogP contribution in [0, 0.1) is 11.3 Å². The Bertz CT molecular complexity index is 504.